The average molecular weight is 526 g/mol. The standard InChI is InChI=1S/C31H59NO5/c1-3-5-7-9-12-16-20-28(21-17-13-10-8-6-4-2)37-30(34)22-18-14-11-15-19-25-36-31(35)29-24-23-27(33)26-32-29/h27-29,32-33H,3-26H2,1-2H3/t27-,29-/m0/s1. The molecule has 0 aromatic heterocycles. The van der Waals surface area contributed by atoms with Crippen molar-refractivity contribution in [2.24, 2.45) is 0 Å². The minimum atomic E-state index is -0.354. The van der Waals surface area contributed by atoms with Crippen LogP contribution < -0.4 is 5.32 Å². The van der Waals surface area contributed by atoms with Crippen molar-refractivity contribution in [3.05, 3.63) is 0 Å². The molecule has 1 saturated heterocycles. The number of ether oxygens (including phenoxy) is 2. The first-order valence-corrected chi connectivity index (χ1v) is 15.8. The van der Waals surface area contributed by atoms with E-state index >= 15 is 0 Å². The topological polar surface area (TPSA) is 84.9 Å². The van der Waals surface area contributed by atoms with Crippen molar-refractivity contribution in [2.45, 2.75) is 173 Å². The summed E-state index contributed by atoms with van der Waals surface area (Å²) in [6.45, 7) is 5.40. The Labute approximate surface area is 228 Å². The van der Waals surface area contributed by atoms with Crippen LogP contribution in [0.3, 0.4) is 0 Å². The van der Waals surface area contributed by atoms with Crippen molar-refractivity contribution in [1.82, 2.24) is 5.32 Å². The van der Waals surface area contributed by atoms with Gasteiger partial charge in [-0.15, -0.1) is 0 Å². The van der Waals surface area contributed by atoms with Gasteiger partial charge in [0.15, 0.2) is 0 Å². The summed E-state index contributed by atoms with van der Waals surface area (Å²) in [6, 6.07) is -0.277. The highest BCUT2D eigenvalue weighted by Crippen LogP contribution is 2.18. The molecule has 0 spiro atoms. The first-order valence-electron chi connectivity index (χ1n) is 15.8. The summed E-state index contributed by atoms with van der Waals surface area (Å²) in [6.07, 6.45) is 23.6. The third-order valence-corrected chi connectivity index (χ3v) is 7.50. The molecule has 0 radical (unpaired) electrons. The van der Waals surface area contributed by atoms with Crippen molar-refractivity contribution >= 4 is 11.9 Å². The number of carbonyl (C=O) groups excluding carboxylic acids is 2. The van der Waals surface area contributed by atoms with E-state index in [4.69, 9.17) is 9.47 Å². The molecule has 2 N–H and O–H groups in total. The van der Waals surface area contributed by atoms with Gasteiger partial charge in [0.2, 0.25) is 0 Å². The van der Waals surface area contributed by atoms with Gasteiger partial charge in [0.05, 0.1) is 12.7 Å². The van der Waals surface area contributed by atoms with E-state index < -0.39 is 0 Å². The maximum absolute atomic E-state index is 12.5. The summed E-state index contributed by atoms with van der Waals surface area (Å²) in [4.78, 5) is 24.5. The number of esters is 2. The number of β-amino-alcohol motifs (C(OH)–C–C–N with tert-alkyl or cyclic N) is 1. The molecule has 0 saturated carbocycles. The van der Waals surface area contributed by atoms with Gasteiger partial charge in [-0.25, -0.2) is 0 Å². The first kappa shape index (κ1) is 33.9. The first-order chi connectivity index (χ1) is 18.1. The van der Waals surface area contributed by atoms with E-state index in [0.717, 1.165) is 44.9 Å². The van der Waals surface area contributed by atoms with Gasteiger partial charge < -0.3 is 19.9 Å². The zero-order valence-corrected chi connectivity index (χ0v) is 24.3. The number of rotatable bonds is 24. The quantitative estimate of drug-likeness (QED) is 0.101. The smallest absolute Gasteiger partial charge is 0.323 e. The molecule has 218 valence electrons. The maximum atomic E-state index is 12.5. The fourth-order valence-corrected chi connectivity index (χ4v) is 5.03. The van der Waals surface area contributed by atoms with Gasteiger partial charge in [-0.1, -0.05) is 97.3 Å². The van der Waals surface area contributed by atoms with E-state index in [2.05, 4.69) is 19.2 Å². The number of piperidine rings is 1. The lowest BCUT2D eigenvalue weighted by atomic mass is 10.0. The Hall–Kier alpha value is -1.14. The number of aliphatic hydroxyl groups is 1. The predicted molar refractivity (Wildman–Crippen MR) is 152 cm³/mol. The Kier molecular flexibility index (Phi) is 21.9. The van der Waals surface area contributed by atoms with Gasteiger partial charge in [-0.05, 0) is 51.4 Å². The van der Waals surface area contributed by atoms with Crippen LogP contribution in [0.4, 0.5) is 0 Å². The van der Waals surface area contributed by atoms with Crippen LogP contribution >= 0.6 is 0 Å². The molecule has 1 aliphatic rings. The summed E-state index contributed by atoms with van der Waals surface area (Å²) in [5.74, 6) is -0.230. The lowest BCUT2D eigenvalue weighted by molar-refractivity contribution is -0.150. The Morgan fingerprint density at radius 1 is 0.757 bits per heavy atom. The molecule has 0 amide bonds. The Morgan fingerprint density at radius 2 is 1.30 bits per heavy atom. The Bertz CT molecular complexity index is 532. The van der Waals surface area contributed by atoms with Crippen LogP contribution in [0, 0.1) is 0 Å². The molecule has 0 unspecified atom stereocenters. The normalized spacial score (nSPS) is 17.7. The molecule has 1 heterocycles. The minimum Gasteiger partial charge on any atom is -0.465 e. The summed E-state index contributed by atoms with van der Waals surface area (Å²) < 4.78 is 11.3. The molecule has 2 atom stereocenters. The lowest BCUT2D eigenvalue weighted by Crippen LogP contribution is -2.46. The second-order valence-electron chi connectivity index (χ2n) is 11.1. The number of carbonyl (C=O) groups is 2. The average Bonchev–Trinajstić information content (AvgIpc) is 2.89. The van der Waals surface area contributed by atoms with E-state index in [1.165, 1.54) is 77.0 Å². The summed E-state index contributed by atoms with van der Waals surface area (Å²) in [7, 11) is 0. The van der Waals surface area contributed by atoms with Crippen molar-refractivity contribution in [1.29, 1.82) is 0 Å². The van der Waals surface area contributed by atoms with Gasteiger partial charge in [0.1, 0.15) is 12.1 Å². The van der Waals surface area contributed by atoms with E-state index in [-0.39, 0.29) is 30.2 Å². The maximum Gasteiger partial charge on any atom is 0.323 e. The number of hydrogen-bond donors (Lipinski definition) is 2. The fourth-order valence-electron chi connectivity index (χ4n) is 5.03. The van der Waals surface area contributed by atoms with Gasteiger partial charge in [-0.2, -0.15) is 0 Å². The van der Waals surface area contributed by atoms with Crippen LogP contribution in [0.5, 0.6) is 0 Å². The molecule has 6 heteroatoms. The SMILES string of the molecule is CCCCCCCCC(CCCCCCCC)OC(=O)CCCCCCCOC(=O)[C@@H]1CC[C@H](O)CN1. The van der Waals surface area contributed by atoms with Crippen LogP contribution in [0.1, 0.15) is 155 Å². The molecule has 0 aliphatic carbocycles. The highest BCUT2D eigenvalue weighted by atomic mass is 16.5. The molecular weight excluding hydrogens is 466 g/mol. The summed E-state index contributed by atoms with van der Waals surface area (Å²) >= 11 is 0. The zero-order valence-electron chi connectivity index (χ0n) is 24.3. The Balaban J connectivity index is 2.11. The van der Waals surface area contributed by atoms with Gasteiger partial charge >= 0.3 is 11.9 Å². The third kappa shape index (κ3) is 19.6. The van der Waals surface area contributed by atoms with E-state index in [1.807, 2.05) is 0 Å². The number of nitrogens with one attached hydrogen (secondary N) is 1. The van der Waals surface area contributed by atoms with Crippen molar-refractivity contribution in [3.8, 4) is 0 Å². The van der Waals surface area contributed by atoms with Crippen LogP contribution in [0.2, 0.25) is 0 Å². The van der Waals surface area contributed by atoms with Crippen LogP contribution in [-0.4, -0.2) is 48.4 Å². The molecule has 0 aromatic rings. The molecule has 37 heavy (non-hydrogen) atoms. The fraction of sp³-hybridized carbons (Fsp3) is 0.935. The van der Waals surface area contributed by atoms with Crippen molar-refractivity contribution < 1.29 is 24.2 Å². The third-order valence-electron chi connectivity index (χ3n) is 7.50. The Morgan fingerprint density at radius 3 is 1.86 bits per heavy atom. The van der Waals surface area contributed by atoms with E-state index in [9.17, 15) is 14.7 Å². The predicted octanol–water partition coefficient (Wildman–Crippen LogP) is 7.40. The second kappa shape index (κ2) is 23.9. The number of unbranched alkanes of at least 4 members (excludes halogenated alkanes) is 14. The number of aliphatic hydroxyl groups excluding tert-OH is 1. The summed E-state index contributed by atoms with van der Waals surface area (Å²) in [5.41, 5.74) is 0. The minimum absolute atomic E-state index is 0.0269. The number of hydrogen-bond acceptors (Lipinski definition) is 6. The van der Waals surface area contributed by atoms with Crippen molar-refractivity contribution in [2.75, 3.05) is 13.2 Å². The molecule has 1 rings (SSSR count). The molecule has 1 fully saturated rings. The lowest BCUT2D eigenvalue weighted by Gasteiger charge is -2.25. The monoisotopic (exact) mass is 525 g/mol. The molecular formula is C31H59NO5. The van der Waals surface area contributed by atoms with E-state index in [1.54, 1.807) is 0 Å². The van der Waals surface area contributed by atoms with E-state index in [0.29, 0.717) is 32.4 Å². The van der Waals surface area contributed by atoms with Gasteiger partial charge in [0, 0.05) is 13.0 Å². The molecule has 0 bridgehead atoms. The van der Waals surface area contributed by atoms with Crippen LogP contribution in [0.25, 0.3) is 0 Å². The van der Waals surface area contributed by atoms with Gasteiger partial charge in [0.25, 0.3) is 0 Å². The highest BCUT2D eigenvalue weighted by molar-refractivity contribution is 5.75. The zero-order chi connectivity index (χ0) is 27.0. The van der Waals surface area contributed by atoms with Gasteiger partial charge in [-0.3, -0.25) is 9.59 Å². The largest absolute Gasteiger partial charge is 0.465 e. The van der Waals surface area contributed by atoms with Crippen molar-refractivity contribution in [3.63, 3.8) is 0 Å². The van der Waals surface area contributed by atoms with Crippen LogP contribution in [0.15, 0.2) is 0 Å². The summed E-state index contributed by atoms with van der Waals surface area (Å²) in [5, 5.41) is 12.5. The molecule has 0 aromatic carbocycles. The highest BCUT2D eigenvalue weighted by Gasteiger charge is 2.25. The molecule has 1 aliphatic heterocycles. The molecule has 6 nitrogen and oxygen atoms in total. The second-order valence-corrected chi connectivity index (χ2v) is 11.1. The van der Waals surface area contributed by atoms with Crippen LogP contribution in [-0.2, 0) is 19.1 Å².